The molecule has 0 aromatic rings. The summed E-state index contributed by atoms with van der Waals surface area (Å²) in [5.74, 6) is 0. The van der Waals surface area contributed by atoms with Crippen molar-refractivity contribution in [3.63, 3.8) is 0 Å². The second-order valence-electron chi connectivity index (χ2n) is 1.99. The van der Waals surface area contributed by atoms with Gasteiger partial charge in [0.25, 0.3) is 0 Å². The van der Waals surface area contributed by atoms with E-state index in [2.05, 4.69) is 0 Å². The first-order valence-electron chi connectivity index (χ1n) is 3.35. The fourth-order valence-electron chi connectivity index (χ4n) is 0.598. The first-order valence-corrected chi connectivity index (χ1v) is 3.35. The molecule has 0 spiro atoms. The van der Waals surface area contributed by atoms with Crippen LogP contribution in [0.2, 0.25) is 0 Å². The average Bonchev–Trinajstić information content (AvgIpc) is 2.05. The molecule has 0 bridgehead atoms. The van der Waals surface area contributed by atoms with E-state index in [-0.39, 0.29) is 0 Å². The minimum absolute atomic E-state index is 0.386. The van der Waals surface area contributed by atoms with Crippen molar-refractivity contribution in [1.82, 2.24) is 4.90 Å². The number of rotatable bonds is 5. The Morgan fingerprint density at radius 3 is 2.55 bits per heavy atom. The largest absolute Gasteiger partial charge is 0.383 e. The van der Waals surface area contributed by atoms with Crippen molar-refractivity contribution in [2.45, 2.75) is 6.42 Å². The second-order valence-corrected chi connectivity index (χ2v) is 1.99. The van der Waals surface area contributed by atoms with Gasteiger partial charge in [-0.15, -0.1) is 0 Å². The normalized spacial score (nSPS) is 8.27. The topological polar surface area (TPSA) is 60.0 Å². The van der Waals surface area contributed by atoms with Gasteiger partial charge in [0.1, 0.15) is 0 Å². The van der Waals surface area contributed by atoms with Crippen molar-refractivity contribution >= 4 is 0 Å². The molecule has 0 aliphatic heterocycles. The van der Waals surface area contributed by atoms with Gasteiger partial charge in [-0.2, -0.15) is 10.5 Å². The Morgan fingerprint density at radius 1 is 1.36 bits per heavy atom. The zero-order chi connectivity index (χ0) is 8.53. The van der Waals surface area contributed by atoms with Gasteiger partial charge < -0.3 is 9.64 Å². The smallest absolute Gasteiger partial charge is 0.179 e. The molecule has 0 radical (unpaired) electrons. The Hall–Kier alpha value is -1.26. The number of nitriles is 2. The highest BCUT2D eigenvalue weighted by atomic mass is 16.5. The van der Waals surface area contributed by atoms with E-state index in [0.717, 1.165) is 0 Å². The first kappa shape index (κ1) is 9.74. The molecule has 0 saturated heterocycles. The molecule has 0 unspecified atom stereocenters. The summed E-state index contributed by atoms with van der Waals surface area (Å²) in [6.07, 6.45) is 2.36. The molecule has 4 nitrogen and oxygen atoms in total. The predicted molar refractivity (Wildman–Crippen MR) is 39.3 cm³/mol. The molecule has 0 rings (SSSR count). The number of methoxy groups -OCH3 is 1. The SMILES string of the molecule is COCCN(C#N)CCC#N. The van der Waals surface area contributed by atoms with Crippen LogP contribution in [-0.2, 0) is 4.74 Å². The van der Waals surface area contributed by atoms with Crippen LogP contribution in [0.3, 0.4) is 0 Å². The van der Waals surface area contributed by atoms with E-state index >= 15 is 0 Å². The van der Waals surface area contributed by atoms with Crippen LogP contribution in [0.5, 0.6) is 0 Å². The average molecular weight is 153 g/mol. The lowest BCUT2D eigenvalue weighted by molar-refractivity contribution is 0.173. The third-order valence-corrected chi connectivity index (χ3v) is 1.20. The molecule has 0 heterocycles. The number of hydrogen-bond acceptors (Lipinski definition) is 4. The maximum Gasteiger partial charge on any atom is 0.179 e. The molecule has 0 N–H and O–H groups in total. The molecule has 0 aliphatic rings. The molecule has 4 heteroatoms. The van der Waals surface area contributed by atoms with E-state index in [9.17, 15) is 0 Å². The van der Waals surface area contributed by atoms with E-state index in [1.807, 2.05) is 12.3 Å². The number of ether oxygens (including phenoxy) is 1. The number of hydrogen-bond donors (Lipinski definition) is 0. The van der Waals surface area contributed by atoms with Crippen LogP contribution in [0.4, 0.5) is 0 Å². The molecule has 0 amide bonds. The summed E-state index contributed by atoms with van der Waals surface area (Å²) in [4.78, 5) is 1.51. The molecule has 0 atom stereocenters. The lowest BCUT2D eigenvalue weighted by atomic mass is 10.4. The maximum absolute atomic E-state index is 8.49. The van der Waals surface area contributed by atoms with Crippen LogP contribution >= 0.6 is 0 Å². The summed E-state index contributed by atoms with van der Waals surface area (Å²) in [5, 5.41) is 16.7. The number of nitrogens with zero attached hydrogens (tertiary/aromatic N) is 3. The maximum atomic E-state index is 8.49. The monoisotopic (exact) mass is 153 g/mol. The predicted octanol–water partition coefficient (Wildman–Crippen LogP) is 0.330. The van der Waals surface area contributed by atoms with Crippen LogP contribution in [-0.4, -0.2) is 31.7 Å². The van der Waals surface area contributed by atoms with Gasteiger partial charge in [0.15, 0.2) is 6.19 Å². The first-order chi connectivity index (χ1) is 5.35. The molecule has 0 saturated carbocycles. The quantitative estimate of drug-likeness (QED) is 0.422. The third kappa shape index (κ3) is 5.20. The molecular weight excluding hydrogens is 142 g/mol. The fraction of sp³-hybridized carbons (Fsp3) is 0.714. The van der Waals surface area contributed by atoms with Crippen molar-refractivity contribution in [3.8, 4) is 12.3 Å². The van der Waals surface area contributed by atoms with Crippen molar-refractivity contribution in [1.29, 1.82) is 10.5 Å². The van der Waals surface area contributed by atoms with Gasteiger partial charge in [0.05, 0.1) is 25.6 Å². The van der Waals surface area contributed by atoms with Gasteiger partial charge in [0.2, 0.25) is 0 Å². The van der Waals surface area contributed by atoms with Gasteiger partial charge >= 0.3 is 0 Å². The van der Waals surface area contributed by atoms with Gasteiger partial charge in [0, 0.05) is 13.7 Å². The molecule has 0 aromatic heterocycles. The van der Waals surface area contributed by atoms with Crippen LogP contribution in [0.15, 0.2) is 0 Å². The highest BCUT2D eigenvalue weighted by Gasteiger charge is 1.98. The van der Waals surface area contributed by atoms with E-state index in [1.54, 1.807) is 7.11 Å². The van der Waals surface area contributed by atoms with Gasteiger partial charge in [-0.3, -0.25) is 0 Å². The second kappa shape index (κ2) is 6.85. The lowest BCUT2D eigenvalue weighted by Crippen LogP contribution is -2.23. The minimum atomic E-state index is 0.386. The molecule has 0 aliphatic carbocycles. The Morgan fingerprint density at radius 2 is 2.09 bits per heavy atom. The van der Waals surface area contributed by atoms with Crippen molar-refractivity contribution in [3.05, 3.63) is 0 Å². The van der Waals surface area contributed by atoms with Crippen LogP contribution in [0, 0.1) is 22.8 Å². The standard InChI is InChI=1S/C7H11N3O/c1-11-6-5-10(7-9)4-2-3-8/h2,4-6H2,1H3. The zero-order valence-corrected chi connectivity index (χ0v) is 6.58. The molecule has 60 valence electrons. The highest BCUT2D eigenvalue weighted by molar-refractivity contribution is 4.79. The summed E-state index contributed by atoms with van der Waals surface area (Å²) in [6, 6.07) is 1.98. The highest BCUT2D eigenvalue weighted by Crippen LogP contribution is 1.87. The summed E-state index contributed by atoms with van der Waals surface area (Å²) >= 11 is 0. The molecule has 0 aromatic carbocycles. The molecule has 11 heavy (non-hydrogen) atoms. The van der Waals surface area contributed by atoms with Gasteiger partial charge in [-0.1, -0.05) is 0 Å². The van der Waals surface area contributed by atoms with E-state index in [4.69, 9.17) is 15.3 Å². The molecular formula is C7H11N3O. The van der Waals surface area contributed by atoms with Crippen LogP contribution in [0.1, 0.15) is 6.42 Å². The van der Waals surface area contributed by atoms with Crippen molar-refractivity contribution in [2.24, 2.45) is 0 Å². The lowest BCUT2D eigenvalue weighted by Gasteiger charge is -2.11. The summed E-state index contributed by atoms with van der Waals surface area (Å²) in [6.45, 7) is 1.59. The van der Waals surface area contributed by atoms with Crippen molar-refractivity contribution in [2.75, 3.05) is 26.8 Å². The molecule has 0 fully saturated rings. The van der Waals surface area contributed by atoms with Crippen LogP contribution in [0.25, 0.3) is 0 Å². The van der Waals surface area contributed by atoms with Crippen molar-refractivity contribution < 1.29 is 4.74 Å². The Balaban J connectivity index is 3.45. The van der Waals surface area contributed by atoms with E-state index in [0.29, 0.717) is 26.1 Å². The Bertz CT molecular complexity index is 168. The summed E-state index contributed by atoms with van der Waals surface area (Å²) < 4.78 is 4.78. The van der Waals surface area contributed by atoms with Gasteiger partial charge in [-0.25, -0.2) is 0 Å². The third-order valence-electron chi connectivity index (χ3n) is 1.20. The van der Waals surface area contributed by atoms with Crippen LogP contribution < -0.4 is 0 Å². The Kier molecular flexibility index (Phi) is 6.07. The summed E-state index contributed by atoms with van der Waals surface area (Å²) in [5.41, 5.74) is 0. The summed E-state index contributed by atoms with van der Waals surface area (Å²) in [7, 11) is 1.58. The van der Waals surface area contributed by atoms with E-state index < -0.39 is 0 Å². The fourth-order valence-corrected chi connectivity index (χ4v) is 0.598. The zero-order valence-electron chi connectivity index (χ0n) is 6.58. The minimum Gasteiger partial charge on any atom is -0.383 e. The van der Waals surface area contributed by atoms with E-state index in [1.165, 1.54) is 4.90 Å². The Labute approximate surface area is 66.6 Å². The van der Waals surface area contributed by atoms with Gasteiger partial charge in [-0.05, 0) is 0 Å².